The highest BCUT2D eigenvalue weighted by Gasteiger charge is 2.30. The topological polar surface area (TPSA) is 220 Å². The van der Waals surface area contributed by atoms with Gasteiger partial charge in [-0.15, -0.1) is 0 Å². The standard InChI is InChI=1S/C13H23N5OSi.C13H25N3OSi.C13H24N2O2Si.C13H22N2O2Si/c1-10-11-5-6-12(15-17-14)13(11)16-18(10)9-19-7-8-20(2,3)4;1-10-11-5-6-12(14)13(11)15-16(10)9-17-7-8-18(2,3)4;2*1-10-11-5-6-12(16)13(11)14-15(10)9-17-7-8-18(2,3)4/h12H,5-9H2,1-4H3;12H,5-9,14H2,1-4H3;12,16H,5-9H2,1-4H3;5-9H2,1-4H3. The van der Waals surface area contributed by atoms with Gasteiger partial charge in [0.25, 0.3) is 0 Å². The maximum absolute atomic E-state index is 11.6. The van der Waals surface area contributed by atoms with Gasteiger partial charge in [0.05, 0.1) is 29.2 Å². The van der Waals surface area contributed by atoms with Gasteiger partial charge in [-0.3, -0.25) is 4.79 Å². The Labute approximate surface area is 446 Å². The minimum Gasteiger partial charge on any atom is -0.387 e. The highest BCUT2D eigenvalue weighted by atomic mass is 28.3. The molecule has 4 aliphatic carbocycles. The second kappa shape index (κ2) is 26.7. The zero-order chi connectivity index (χ0) is 54.8. The predicted octanol–water partition coefficient (Wildman–Crippen LogP) is 11.4. The highest BCUT2D eigenvalue weighted by molar-refractivity contribution is 6.77. The fourth-order valence-corrected chi connectivity index (χ4v) is 12.1. The number of Topliss-reactive ketones (excluding diaryl/α,β-unsaturated/α-hetero) is 1. The second-order valence-corrected chi connectivity index (χ2v) is 48.0. The van der Waals surface area contributed by atoms with E-state index in [-0.39, 0.29) is 24.0 Å². The molecule has 4 aliphatic rings. The minimum absolute atomic E-state index is 0.100. The summed E-state index contributed by atoms with van der Waals surface area (Å²) in [5.41, 5.74) is 27.7. The molecule has 4 aromatic heterocycles. The summed E-state index contributed by atoms with van der Waals surface area (Å²) in [6.07, 6.45) is 6.77. The molecule has 3 atom stereocenters. The van der Waals surface area contributed by atoms with Crippen LogP contribution in [-0.4, -0.2) is 109 Å². The summed E-state index contributed by atoms with van der Waals surface area (Å²) in [5, 5.41) is 31.6. The van der Waals surface area contributed by atoms with Gasteiger partial charge in [-0.05, 0) is 119 Å². The van der Waals surface area contributed by atoms with Crippen LogP contribution in [0.2, 0.25) is 103 Å². The molecule has 74 heavy (non-hydrogen) atoms. The Bertz CT molecular complexity index is 2440. The molecule has 4 aromatic rings. The van der Waals surface area contributed by atoms with Crippen molar-refractivity contribution < 1.29 is 28.8 Å². The third-order valence-electron chi connectivity index (χ3n) is 14.3. The summed E-state index contributed by atoms with van der Waals surface area (Å²) in [7, 11) is -4.08. The van der Waals surface area contributed by atoms with Gasteiger partial charge in [-0.2, -0.15) is 20.4 Å². The molecular formula is C52H94N12O6Si4. The molecule has 4 heterocycles. The number of carbonyl (C=O) groups excluding carboxylic acids is 1. The number of hydrogen-bond acceptors (Lipinski definition) is 12. The van der Waals surface area contributed by atoms with Gasteiger partial charge in [0, 0.05) is 104 Å². The van der Waals surface area contributed by atoms with Crippen LogP contribution in [0.5, 0.6) is 0 Å². The zero-order valence-electron chi connectivity index (χ0n) is 48.4. The molecule has 0 aromatic carbocycles. The lowest BCUT2D eigenvalue weighted by Crippen LogP contribution is -2.22. The number of hydrogen-bond donors (Lipinski definition) is 2. The summed E-state index contributed by atoms with van der Waals surface area (Å²) in [6, 6.07) is 4.72. The van der Waals surface area contributed by atoms with Crippen molar-refractivity contribution >= 4 is 38.1 Å². The summed E-state index contributed by atoms with van der Waals surface area (Å²) < 4.78 is 30.4. The molecule has 0 amide bonds. The van der Waals surface area contributed by atoms with Crippen molar-refractivity contribution in [1.29, 1.82) is 0 Å². The van der Waals surface area contributed by atoms with E-state index in [9.17, 15) is 9.90 Å². The molecule has 18 nitrogen and oxygen atoms in total. The molecular weight excluding hydrogens is 1000 g/mol. The number of nitrogens with zero attached hydrogens (tertiary/aromatic N) is 11. The maximum Gasteiger partial charge on any atom is 0.183 e. The predicted molar refractivity (Wildman–Crippen MR) is 306 cm³/mol. The molecule has 0 bridgehead atoms. The van der Waals surface area contributed by atoms with Gasteiger partial charge >= 0.3 is 0 Å². The Morgan fingerprint density at radius 1 is 0.541 bits per heavy atom. The first kappa shape index (κ1) is 61.3. The Balaban J connectivity index is 0.000000183. The molecule has 414 valence electrons. The molecule has 0 saturated carbocycles. The fraction of sp³-hybridized carbons (Fsp3) is 0.750. The van der Waals surface area contributed by atoms with E-state index in [0.717, 1.165) is 123 Å². The van der Waals surface area contributed by atoms with Gasteiger partial charge in [-0.1, -0.05) is 83.7 Å². The number of aromatic nitrogens is 8. The van der Waals surface area contributed by atoms with Crippen LogP contribution in [0.1, 0.15) is 116 Å². The monoisotopic (exact) mass is 1090 g/mol. The average molecular weight is 1100 g/mol. The number of azide groups is 1. The second-order valence-electron chi connectivity index (χ2n) is 25.5. The van der Waals surface area contributed by atoms with Crippen molar-refractivity contribution in [3.05, 3.63) is 78.2 Å². The minimum atomic E-state index is -1.04. The van der Waals surface area contributed by atoms with Gasteiger partial charge < -0.3 is 29.8 Å². The zero-order valence-corrected chi connectivity index (χ0v) is 52.4. The fourth-order valence-electron chi connectivity index (χ4n) is 9.11. The van der Waals surface area contributed by atoms with Gasteiger partial charge in [-0.25, -0.2) is 18.7 Å². The summed E-state index contributed by atoms with van der Waals surface area (Å²) in [5.74, 6) is 0.175. The van der Waals surface area contributed by atoms with E-state index in [2.05, 4.69) is 130 Å². The van der Waals surface area contributed by atoms with E-state index >= 15 is 0 Å². The third-order valence-corrected chi connectivity index (χ3v) is 21.2. The summed E-state index contributed by atoms with van der Waals surface area (Å²) >= 11 is 0. The first-order valence-corrected chi connectivity index (χ1v) is 42.0. The van der Waals surface area contributed by atoms with Crippen molar-refractivity contribution in [3.63, 3.8) is 0 Å². The Morgan fingerprint density at radius 2 is 0.905 bits per heavy atom. The number of ether oxygens (including phenoxy) is 4. The van der Waals surface area contributed by atoms with Gasteiger partial charge in [0.15, 0.2) is 5.78 Å². The Kier molecular flexibility index (Phi) is 22.1. The molecule has 3 unspecified atom stereocenters. The highest BCUT2D eigenvalue weighted by Crippen LogP contribution is 2.36. The quantitative estimate of drug-likeness (QED) is 0.0263. The van der Waals surface area contributed by atoms with Crippen LogP contribution >= 0.6 is 0 Å². The normalized spacial score (nSPS) is 17.9. The number of rotatable bonds is 21. The van der Waals surface area contributed by atoms with Crippen molar-refractivity contribution in [2.24, 2.45) is 10.8 Å². The molecule has 0 fully saturated rings. The number of nitrogens with two attached hydrogens (primary N) is 1. The van der Waals surface area contributed by atoms with Crippen LogP contribution in [0, 0.1) is 27.7 Å². The maximum atomic E-state index is 11.6. The van der Waals surface area contributed by atoms with Crippen LogP contribution in [0.25, 0.3) is 10.4 Å². The Morgan fingerprint density at radius 3 is 1.31 bits per heavy atom. The van der Waals surface area contributed by atoms with Crippen molar-refractivity contribution in [1.82, 2.24) is 39.1 Å². The summed E-state index contributed by atoms with van der Waals surface area (Å²) in [4.78, 5) is 14.5. The Hall–Kier alpha value is -3.55. The van der Waals surface area contributed by atoms with Crippen molar-refractivity contribution in [3.8, 4) is 0 Å². The molecule has 0 radical (unpaired) electrons. The largest absolute Gasteiger partial charge is 0.387 e. The van der Waals surface area contributed by atoms with Crippen LogP contribution in [0.3, 0.4) is 0 Å². The SMILES string of the molecule is Cc1c2c(nn1COCC[Si](C)(C)C)C(=O)CC2.Cc1c2c(nn1COCC[Si](C)(C)C)C(N)CC2.Cc1c2c(nn1COCC[Si](C)(C)C)C(N=[N+]=[N-])CC2.Cc1c2c(nn1COCC[Si](C)(C)C)C(O)CC2. The first-order valence-electron chi connectivity index (χ1n) is 27.1. The molecule has 3 N–H and O–H groups in total. The van der Waals surface area contributed by atoms with E-state index in [1.54, 1.807) is 0 Å². The molecule has 0 aliphatic heterocycles. The van der Waals surface area contributed by atoms with Crippen molar-refractivity contribution in [2.45, 2.75) is 227 Å². The summed E-state index contributed by atoms with van der Waals surface area (Å²) in [6.45, 7) is 41.7. The third kappa shape index (κ3) is 18.0. The van der Waals surface area contributed by atoms with E-state index in [0.29, 0.717) is 39.0 Å². The molecule has 0 spiro atoms. The van der Waals surface area contributed by atoms with Gasteiger partial charge in [0.2, 0.25) is 0 Å². The average Bonchev–Trinajstić information content (AvgIpc) is 4.20. The lowest BCUT2D eigenvalue weighted by atomic mass is 10.2. The first-order chi connectivity index (χ1) is 34.6. The smallest absolute Gasteiger partial charge is 0.183 e. The number of carbonyl (C=O) groups is 1. The number of aliphatic hydroxyl groups excluding tert-OH is 1. The van der Waals surface area contributed by atoms with Gasteiger partial charge in [0.1, 0.15) is 32.6 Å². The number of fused-ring (bicyclic) bond motifs is 4. The number of aliphatic hydroxyl groups is 1. The van der Waals surface area contributed by atoms with Crippen LogP contribution in [0.15, 0.2) is 5.11 Å². The van der Waals surface area contributed by atoms with E-state index < -0.39 is 32.3 Å². The van der Waals surface area contributed by atoms with Crippen molar-refractivity contribution in [2.75, 3.05) is 26.4 Å². The molecule has 22 heteroatoms. The molecule has 8 rings (SSSR count). The van der Waals surface area contributed by atoms with E-state index in [4.69, 9.17) is 30.2 Å². The lowest BCUT2D eigenvalue weighted by Gasteiger charge is -2.15. The van der Waals surface area contributed by atoms with E-state index in [1.165, 1.54) is 34.5 Å². The van der Waals surface area contributed by atoms with Crippen LogP contribution < -0.4 is 5.73 Å². The van der Waals surface area contributed by atoms with E-state index in [1.807, 2.05) is 25.7 Å². The van der Waals surface area contributed by atoms with Crippen LogP contribution in [0.4, 0.5) is 0 Å². The molecule has 0 saturated heterocycles. The lowest BCUT2D eigenvalue weighted by molar-refractivity contribution is 0.0751. The number of ketones is 1. The van der Waals surface area contributed by atoms with Crippen LogP contribution in [-0.2, 0) is 71.6 Å².